The molecule has 0 aliphatic heterocycles. The van der Waals surface area contributed by atoms with Crippen molar-refractivity contribution < 1.29 is 4.92 Å². The van der Waals surface area contributed by atoms with Gasteiger partial charge in [-0.2, -0.15) is 0 Å². The van der Waals surface area contributed by atoms with Crippen LogP contribution in [0.1, 0.15) is 40.5 Å². The first-order valence-corrected chi connectivity index (χ1v) is 7.75. The maximum absolute atomic E-state index is 11.2. The summed E-state index contributed by atoms with van der Waals surface area (Å²) in [4.78, 5) is 17.0. The summed E-state index contributed by atoms with van der Waals surface area (Å²) in [7, 11) is 0. The molecule has 1 heterocycles. The molecule has 0 N–H and O–H groups in total. The molecule has 6 heteroatoms. The van der Waals surface area contributed by atoms with Gasteiger partial charge in [0.2, 0.25) is 5.82 Å². The molecule has 0 unspecified atom stereocenters. The van der Waals surface area contributed by atoms with Crippen LogP contribution in [-0.2, 0) is 0 Å². The summed E-state index contributed by atoms with van der Waals surface area (Å²) < 4.78 is 0. The normalized spacial score (nSPS) is 11.2. The van der Waals surface area contributed by atoms with Crippen molar-refractivity contribution in [3.05, 3.63) is 27.4 Å². The van der Waals surface area contributed by atoms with Gasteiger partial charge in [0.15, 0.2) is 0 Å². The monoisotopic (exact) mass is 313 g/mol. The van der Waals surface area contributed by atoms with E-state index >= 15 is 0 Å². The molecule has 0 radical (unpaired) electrons. The van der Waals surface area contributed by atoms with E-state index in [1.54, 1.807) is 0 Å². The Bertz CT molecular complexity index is 466. The third-order valence-corrected chi connectivity index (χ3v) is 3.48. The zero-order valence-electron chi connectivity index (χ0n) is 13.2. The summed E-state index contributed by atoms with van der Waals surface area (Å²) in [6.07, 6.45) is 1.92. The van der Waals surface area contributed by atoms with E-state index in [2.05, 4.69) is 32.7 Å². The van der Waals surface area contributed by atoms with E-state index in [0.717, 1.165) is 25.9 Å². The van der Waals surface area contributed by atoms with E-state index in [4.69, 9.17) is 11.6 Å². The van der Waals surface area contributed by atoms with E-state index in [0.29, 0.717) is 17.7 Å². The Hall–Kier alpha value is -1.36. The average molecular weight is 314 g/mol. The molecule has 0 aromatic carbocycles. The second-order valence-corrected chi connectivity index (χ2v) is 6.47. The zero-order valence-corrected chi connectivity index (χ0v) is 13.9. The molecular weight excluding hydrogens is 290 g/mol. The largest absolute Gasteiger partial charge is 0.351 e. The number of aromatic nitrogens is 1. The van der Waals surface area contributed by atoms with Crippen LogP contribution in [0.3, 0.4) is 0 Å². The lowest BCUT2D eigenvalue weighted by molar-refractivity contribution is -0.384. The maximum atomic E-state index is 11.2. The predicted octanol–water partition coefficient (Wildman–Crippen LogP) is 4.54. The molecule has 5 nitrogen and oxygen atoms in total. The highest BCUT2D eigenvalue weighted by Gasteiger charge is 2.22. The zero-order chi connectivity index (χ0) is 16.0. The number of rotatable bonds is 8. The van der Waals surface area contributed by atoms with E-state index in [9.17, 15) is 10.1 Å². The highest BCUT2D eigenvalue weighted by molar-refractivity contribution is 6.29. The van der Waals surface area contributed by atoms with Gasteiger partial charge in [-0.25, -0.2) is 4.98 Å². The quantitative estimate of drug-likeness (QED) is 0.401. The molecule has 0 saturated heterocycles. The third-order valence-electron chi connectivity index (χ3n) is 3.27. The minimum Gasteiger partial charge on any atom is -0.351 e. The number of hydrogen-bond donors (Lipinski definition) is 0. The molecule has 0 amide bonds. The van der Waals surface area contributed by atoms with Gasteiger partial charge >= 0.3 is 5.69 Å². The fraction of sp³-hybridized carbons (Fsp3) is 0.667. The van der Waals surface area contributed by atoms with E-state index in [1.165, 1.54) is 12.1 Å². The van der Waals surface area contributed by atoms with Crippen LogP contribution in [0.15, 0.2) is 12.1 Å². The highest BCUT2D eigenvalue weighted by Crippen LogP contribution is 2.28. The third kappa shape index (κ3) is 5.87. The van der Waals surface area contributed by atoms with Crippen LogP contribution in [0.25, 0.3) is 0 Å². The van der Waals surface area contributed by atoms with Gasteiger partial charge in [-0.3, -0.25) is 10.1 Å². The molecule has 1 aromatic heterocycles. The summed E-state index contributed by atoms with van der Waals surface area (Å²) in [5, 5.41) is 11.5. The highest BCUT2D eigenvalue weighted by atomic mass is 35.5. The SMILES string of the molecule is CC(C)CCN(CCC(C)C)c1nc(Cl)ccc1[N+](=O)[O-]. The number of halogens is 1. The van der Waals surface area contributed by atoms with Crippen LogP contribution >= 0.6 is 11.6 Å². The summed E-state index contributed by atoms with van der Waals surface area (Å²) in [5.74, 6) is 1.45. The van der Waals surface area contributed by atoms with Gasteiger partial charge in [-0.15, -0.1) is 0 Å². The van der Waals surface area contributed by atoms with Crippen molar-refractivity contribution in [2.24, 2.45) is 11.8 Å². The first-order valence-electron chi connectivity index (χ1n) is 7.37. The van der Waals surface area contributed by atoms with Crippen molar-refractivity contribution in [1.82, 2.24) is 4.98 Å². The number of nitrogens with zero attached hydrogens (tertiary/aromatic N) is 3. The molecule has 0 aliphatic rings. The van der Waals surface area contributed by atoms with Gasteiger partial charge in [0.25, 0.3) is 0 Å². The van der Waals surface area contributed by atoms with Crippen molar-refractivity contribution in [3.63, 3.8) is 0 Å². The lowest BCUT2D eigenvalue weighted by atomic mass is 10.1. The van der Waals surface area contributed by atoms with E-state index in [1.807, 2.05) is 4.90 Å². The van der Waals surface area contributed by atoms with Gasteiger partial charge in [-0.05, 0) is 30.7 Å². The molecule has 0 bridgehead atoms. The van der Waals surface area contributed by atoms with Gasteiger partial charge in [0.05, 0.1) is 4.92 Å². The Morgan fingerprint density at radius 3 is 2.14 bits per heavy atom. The first kappa shape index (κ1) is 17.7. The summed E-state index contributed by atoms with van der Waals surface area (Å²) >= 11 is 5.93. The standard InChI is InChI=1S/C15H24ClN3O2/c1-11(2)7-9-18(10-8-12(3)4)15-13(19(20)21)5-6-14(16)17-15/h5-6,11-12H,7-10H2,1-4H3. The first-order chi connectivity index (χ1) is 9.81. The lowest BCUT2D eigenvalue weighted by Gasteiger charge is -2.25. The number of pyridine rings is 1. The van der Waals surface area contributed by atoms with Crippen molar-refractivity contribution >= 4 is 23.1 Å². The fourth-order valence-corrected chi connectivity index (χ4v) is 2.09. The topological polar surface area (TPSA) is 59.3 Å². The fourth-order valence-electron chi connectivity index (χ4n) is 1.94. The Balaban J connectivity index is 3.04. The number of nitro groups is 1. The van der Waals surface area contributed by atoms with Crippen LogP contribution in [0.4, 0.5) is 11.5 Å². The van der Waals surface area contributed by atoms with Gasteiger partial charge in [0, 0.05) is 19.2 Å². The van der Waals surface area contributed by atoms with E-state index in [-0.39, 0.29) is 10.8 Å². The van der Waals surface area contributed by atoms with Crippen LogP contribution in [-0.4, -0.2) is 23.0 Å². The predicted molar refractivity (Wildman–Crippen MR) is 87.0 cm³/mol. The van der Waals surface area contributed by atoms with Crippen LogP contribution in [0.5, 0.6) is 0 Å². The summed E-state index contributed by atoms with van der Waals surface area (Å²) in [6.45, 7) is 10.1. The molecule has 21 heavy (non-hydrogen) atoms. The molecule has 0 fully saturated rings. The van der Waals surface area contributed by atoms with Gasteiger partial charge < -0.3 is 4.90 Å². The van der Waals surface area contributed by atoms with Crippen molar-refractivity contribution in [3.8, 4) is 0 Å². The summed E-state index contributed by atoms with van der Waals surface area (Å²) in [6, 6.07) is 2.90. The van der Waals surface area contributed by atoms with Crippen LogP contribution < -0.4 is 4.90 Å². The Morgan fingerprint density at radius 2 is 1.71 bits per heavy atom. The molecule has 0 spiro atoms. The van der Waals surface area contributed by atoms with E-state index < -0.39 is 4.92 Å². The second-order valence-electron chi connectivity index (χ2n) is 6.09. The van der Waals surface area contributed by atoms with Crippen LogP contribution in [0.2, 0.25) is 5.15 Å². The molecular formula is C15H24ClN3O2. The van der Waals surface area contributed by atoms with Crippen molar-refractivity contribution in [1.29, 1.82) is 0 Å². The minimum atomic E-state index is -0.392. The van der Waals surface area contributed by atoms with Gasteiger partial charge in [-0.1, -0.05) is 39.3 Å². The molecule has 0 saturated carbocycles. The van der Waals surface area contributed by atoms with Crippen molar-refractivity contribution in [2.45, 2.75) is 40.5 Å². The van der Waals surface area contributed by atoms with Gasteiger partial charge in [0.1, 0.15) is 5.15 Å². The molecule has 1 rings (SSSR count). The minimum absolute atomic E-state index is 0.0203. The van der Waals surface area contributed by atoms with Crippen LogP contribution in [0, 0.1) is 22.0 Å². The summed E-state index contributed by atoms with van der Waals surface area (Å²) in [5.41, 5.74) is 0.0203. The molecule has 0 atom stereocenters. The molecule has 1 aromatic rings. The average Bonchev–Trinajstić information content (AvgIpc) is 2.37. The Morgan fingerprint density at radius 1 is 1.19 bits per heavy atom. The lowest BCUT2D eigenvalue weighted by Crippen LogP contribution is -2.29. The Kier molecular flexibility index (Phi) is 6.89. The molecule has 118 valence electrons. The second kappa shape index (κ2) is 8.17. The van der Waals surface area contributed by atoms with Crippen molar-refractivity contribution in [2.75, 3.05) is 18.0 Å². The number of anilines is 1. The Labute approximate surface area is 131 Å². The maximum Gasteiger partial charge on any atom is 0.311 e. The molecule has 0 aliphatic carbocycles. The smallest absolute Gasteiger partial charge is 0.311 e. The number of hydrogen-bond acceptors (Lipinski definition) is 4.